The quantitative estimate of drug-likeness (QED) is 0.217. The van der Waals surface area contributed by atoms with Crippen molar-refractivity contribution in [2.45, 2.75) is 44.5 Å². The Labute approximate surface area is 173 Å². The molecule has 0 aliphatic carbocycles. The average Bonchev–Trinajstić information content (AvgIpc) is 2.67. The third kappa shape index (κ3) is 8.70. The van der Waals surface area contributed by atoms with Crippen LogP contribution >= 0.6 is 4.20 Å². The Bertz CT molecular complexity index is 613. The molecular weight excluding hydrogens is 469 g/mol. The molecule has 0 fully saturated rings. The van der Waals surface area contributed by atoms with Crippen molar-refractivity contribution in [1.29, 1.82) is 0 Å². The zero-order valence-corrected chi connectivity index (χ0v) is 20.3. The summed E-state index contributed by atoms with van der Waals surface area (Å²) >= 11 is 4.24. The van der Waals surface area contributed by atoms with Crippen LogP contribution in [0, 0.1) is 0 Å². The third-order valence-corrected chi connectivity index (χ3v) is 18.8. The minimum absolute atomic E-state index is 0.412. The Morgan fingerprint density at radius 1 is 0.923 bits per heavy atom. The van der Waals surface area contributed by atoms with E-state index in [0.29, 0.717) is 19.5 Å². The summed E-state index contributed by atoms with van der Waals surface area (Å²) in [5.74, 6) is 0. The summed E-state index contributed by atoms with van der Waals surface area (Å²) in [4.78, 5) is 0. The Morgan fingerprint density at radius 3 is 1.88 bits per heavy atom. The number of ether oxygens (including phenoxy) is 1. The zero-order valence-electron chi connectivity index (χ0n) is 16.0. The zero-order chi connectivity index (χ0) is 18.7. The van der Waals surface area contributed by atoms with Gasteiger partial charge < -0.3 is 0 Å². The molecule has 0 saturated carbocycles. The van der Waals surface area contributed by atoms with Gasteiger partial charge in [-0.3, -0.25) is 0 Å². The van der Waals surface area contributed by atoms with Gasteiger partial charge in [-0.1, -0.05) is 0 Å². The second-order valence-electron chi connectivity index (χ2n) is 6.63. The first kappa shape index (κ1) is 22.2. The number of benzene rings is 2. The molecule has 0 heterocycles. The molecule has 0 radical (unpaired) electrons. The molecule has 1 nitrogen and oxygen atoms in total. The number of hydrogen-bond donors (Lipinski definition) is 0. The van der Waals surface area contributed by atoms with Gasteiger partial charge in [0.1, 0.15) is 0 Å². The summed E-state index contributed by atoms with van der Waals surface area (Å²) in [6.07, 6.45) is 7.34. The first-order valence-corrected chi connectivity index (χ1v) is 17.2. The van der Waals surface area contributed by atoms with Crippen LogP contribution < -0.4 is 0 Å². The van der Waals surface area contributed by atoms with Crippen LogP contribution in [0.25, 0.3) is 0 Å². The van der Waals surface area contributed by atoms with Gasteiger partial charge in [-0.05, 0) is 0 Å². The minimum atomic E-state index is -1.09. The summed E-state index contributed by atoms with van der Waals surface area (Å²) < 4.78 is 5.03. The van der Waals surface area contributed by atoms with Crippen LogP contribution in [-0.2, 0) is 17.6 Å². The van der Waals surface area contributed by atoms with Gasteiger partial charge in [0, 0.05) is 0 Å². The van der Waals surface area contributed by atoms with Gasteiger partial charge in [0.15, 0.2) is 0 Å². The van der Waals surface area contributed by atoms with Gasteiger partial charge in [-0.25, -0.2) is 0 Å². The van der Waals surface area contributed by atoms with Crippen LogP contribution in [0.1, 0.15) is 37.8 Å². The van der Waals surface area contributed by atoms with Crippen LogP contribution in [0.3, 0.4) is 0 Å². The number of rotatable bonds is 12. The van der Waals surface area contributed by atoms with E-state index in [-0.39, 0.29) is 0 Å². The summed E-state index contributed by atoms with van der Waals surface area (Å²) in [5, 5.41) is 0.412. The monoisotopic (exact) mass is 502 g/mol. The molecule has 0 aliphatic heterocycles. The molecule has 142 valence electrons. The van der Waals surface area contributed by atoms with Crippen molar-refractivity contribution in [2.24, 2.45) is 0 Å². The Morgan fingerprint density at radius 2 is 1.42 bits per heavy atom. The van der Waals surface area contributed by atoms with Crippen molar-refractivity contribution in [3.8, 4) is 0 Å². The molecule has 0 N–H and O–H groups in total. The average molecular weight is 500 g/mol. The standard InChI is InChI=1S/C22H31OPSe2/c1-3-4-17-23-20(2)26-24(25,18-15-21-11-7-5-8-12-21)19-16-22-13-9-6-10-14-22/h5-14,20H,3-4,15-19H2,1-2H3. The Balaban J connectivity index is 1.97. The molecule has 0 saturated heterocycles. The van der Waals surface area contributed by atoms with Crippen molar-refractivity contribution >= 4 is 33.8 Å². The van der Waals surface area contributed by atoms with Crippen LogP contribution in [0.4, 0.5) is 0 Å². The maximum atomic E-state index is 6.12. The van der Waals surface area contributed by atoms with E-state index in [2.05, 4.69) is 89.6 Å². The summed E-state index contributed by atoms with van der Waals surface area (Å²) in [6.45, 7) is 5.42. The van der Waals surface area contributed by atoms with Crippen molar-refractivity contribution in [3.63, 3.8) is 0 Å². The molecule has 0 bridgehead atoms. The van der Waals surface area contributed by atoms with Crippen LogP contribution in [0.2, 0.25) is 0 Å². The van der Waals surface area contributed by atoms with E-state index in [0.717, 1.165) is 6.61 Å². The molecule has 4 heteroatoms. The SMILES string of the molecule is CCCCOC(C)[Se]P(=[Se])(CCc1ccccc1)CCc1ccccc1. The number of unbranched alkanes of at least 4 members (excludes halogenated alkanes) is 1. The summed E-state index contributed by atoms with van der Waals surface area (Å²) in [5.41, 5.74) is 2.92. The molecule has 0 aliphatic rings. The van der Waals surface area contributed by atoms with E-state index in [9.17, 15) is 0 Å². The van der Waals surface area contributed by atoms with Crippen LogP contribution in [-0.4, -0.2) is 53.5 Å². The van der Waals surface area contributed by atoms with Gasteiger partial charge in [-0.15, -0.1) is 0 Å². The van der Waals surface area contributed by atoms with Gasteiger partial charge >= 0.3 is 174 Å². The predicted molar refractivity (Wildman–Crippen MR) is 119 cm³/mol. The molecule has 1 unspecified atom stereocenters. The molecule has 0 spiro atoms. The molecule has 2 aromatic rings. The summed E-state index contributed by atoms with van der Waals surface area (Å²) in [6, 6.07) is 21.9. The molecule has 1 atom stereocenters. The molecule has 0 amide bonds. The van der Waals surface area contributed by atoms with E-state index in [1.807, 2.05) is 0 Å². The fourth-order valence-electron chi connectivity index (χ4n) is 2.80. The molecule has 2 rings (SSSR count). The number of hydrogen-bond acceptors (Lipinski definition) is 1. The maximum absolute atomic E-state index is 6.12. The fourth-order valence-corrected chi connectivity index (χ4v) is 16.6. The van der Waals surface area contributed by atoms with E-state index in [1.165, 1.54) is 49.1 Å². The Hall–Kier alpha value is -0.131. The van der Waals surface area contributed by atoms with Crippen molar-refractivity contribution in [1.82, 2.24) is 0 Å². The van der Waals surface area contributed by atoms with Crippen molar-refractivity contribution in [2.75, 3.05) is 18.9 Å². The van der Waals surface area contributed by atoms with Gasteiger partial charge in [0.25, 0.3) is 0 Å². The summed E-state index contributed by atoms with van der Waals surface area (Å²) in [7, 11) is 0. The van der Waals surface area contributed by atoms with E-state index in [4.69, 9.17) is 4.74 Å². The topological polar surface area (TPSA) is 9.23 Å². The van der Waals surface area contributed by atoms with E-state index in [1.54, 1.807) is 0 Å². The molecular formula is C22H31OPSe2. The van der Waals surface area contributed by atoms with Crippen LogP contribution in [0.5, 0.6) is 0 Å². The van der Waals surface area contributed by atoms with Gasteiger partial charge in [0.05, 0.1) is 0 Å². The molecule has 26 heavy (non-hydrogen) atoms. The van der Waals surface area contributed by atoms with Gasteiger partial charge in [0.2, 0.25) is 0 Å². The normalized spacial score (nSPS) is 12.8. The number of aryl methyl sites for hydroxylation is 2. The molecule has 0 aromatic heterocycles. The fraction of sp³-hybridized carbons (Fsp3) is 0.455. The van der Waals surface area contributed by atoms with E-state index >= 15 is 0 Å². The molecule has 2 aromatic carbocycles. The van der Waals surface area contributed by atoms with Gasteiger partial charge in [-0.2, -0.15) is 0 Å². The second kappa shape index (κ2) is 12.4. The first-order chi connectivity index (χ1) is 12.6. The van der Waals surface area contributed by atoms with E-state index < -0.39 is 4.20 Å². The first-order valence-electron chi connectivity index (χ1n) is 9.57. The van der Waals surface area contributed by atoms with Crippen molar-refractivity contribution < 1.29 is 4.74 Å². The van der Waals surface area contributed by atoms with Crippen LogP contribution in [0.15, 0.2) is 60.7 Å². The third-order valence-electron chi connectivity index (χ3n) is 4.36. The predicted octanol–water partition coefficient (Wildman–Crippen LogP) is 5.35. The van der Waals surface area contributed by atoms with Crippen molar-refractivity contribution in [3.05, 3.63) is 71.8 Å². The Kier molecular flexibility index (Phi) is 10.5. The second-order valence-corrected chi connectivity index (χ2v) is 24.4.